The summed E-state index contributed by atoms with van der Waals surface area (Å²) in [7, 11) is 0. The molecular weight excluding hydrogens is 356 g/mol. The van der Waals surface area contributed by atoms with Crippen molar-refractivity contribution in [2.24, 2.45) is 0 Å². The van der Waals surface area contributed by atoms with E-state index in [1.54, 1.807) is 11.3 Å². The number of anilines is 2. The molecule has 0 saturated heterocycles. The molecule has 2 aromatic carbocycles. The van der Waals surface area contributed by atoms with Gasteiger partial charge in [-0.1, -0.05) is 29.0 Å². The molecular formula is C15H12BrClN2S. The monoisotopic (exact) mass is 366 g/mol. The van der Waals surface area contributed by atoms with Gasteiger partial charge in [-0.05, 0) is 65.2 Å². The Morgan fingerprint density at radius 1 is 1.20 bits per heavy atom. The number of hydrogen-bond acceptors (Lipinski definition) is 3. The summed E-state index contributed by atoms with van der Waals surface area (Å²) in [5, 5.41) is 4.97. The third-order valence-electron chi connectivity index (χ3n) is 3.01. The van der Waals surface area contributed by atoms with Crippen LogP contribution in [0.15, 0.2) is 34.8 Å². The fourth-order valence-corrected chi connectivity index (χ4v) is 3.92. The maximum Gasteiger partial charge on any atom is 0.188 e. The molecule has 0 saturated carbocycles. The number of nitrogens with one attached hydrogen (secondary N) is 1. The topological polar surface area (TPSA) is 24.9 Å². The van der Waals surface area contributed by atoms with Crippen LogP contribution in [0.25, 0.3) is 10.2 Å². The van der Waals surface area contributed by atoms with Crippen molar-refractivity contribution in [3.05, 3.63) is 51.0 Å². The molecule has 1 aromatic heterocycles. The number of rotatable bonds is 2. The highest BCUT2D eigenvalue weighted by molar-refractivity contribution is 9.10. The summed E-state index contributed by atoms with van der Waals surface area (Å²) in [5.74, 6) is 0. The van der Waals surface area contributed by atoms with E-state index in [1.807, 2.05) is 18.2 Å². The predicted octanol–water partition coefficient (Wildman–Crippen LogP) is 6.07. The van der Waals surface area contributed by atoms with Gasteiger partial charge in [0, 0.05) is 9.50 Å². The fraction of sp³-hybridized carbons (Fsp3) is 0.133. The van der Waals surface area contributed by atoms with Gasteiger partial charge in [0.05, 0.1) is 15.9 Å². The summed E-state index contributed by atoms with van der Waals surface area (Å²) in [6.45, 7) is 4.17. The maximum atomic E-state index is 5.99. The van der Waals surface area contributed by atoms with Crippen molar-refractivity contribution in [3.8, 4) is 0 Å². The molecule has 0 bridgehead atoms. The van der Waals surface area contributed by atoms with Gasteiger partial charge in [0.2, 0.25) is 0 Å². The van der Waals surface area contributed by atoms with Crippen molar-refractivity contribution >= 4 is 59.9 Å². The van der Waals surface area contributed by atoms with Crippen molar-refractivity contribution in [3.63, 3.8) is 0 Å². The third-order valence-corrected chi connectivity index (χ3v) is 4.83. The molecule has 0 aliphatic heterocycles. The van der Waals surface area contributed by atoms with Gasteiger partial charge in [-0.25, -0.2) is 4.98 Å². The van der Waals surface area contributed by atoms with Gasteiger partial charge in [0.1, 0.15) is 0 Å². The Kier molecular flexibility index (Phi) is 3.71. The molecule has 1 N–H and O–H groups in total. The van der Waals surface area contributed by atoms with Crippen LogP contribution in [-0.4, -0.2) is 4.98 Å². The largest absolute Gasteiger partial charge is 0.330 e. The molecule has 0 fully saturated rings. The molecule has 3 rings (SSSR count). The first-order chi connectivity index (χ1) is 9.52. The highest BCUT2D eigenvalue weighted by Crippen LogP contribution is 2.34. The van der Waals surface area contributed by atoms with Crippen LogP contribution >= 0.6 is 38.9 Å². The van der Waals surface area contributed by atoms with Crippen LogP contribution in [0, 0.1) is 13.8 Å². The van der Waals surface area contributed by atoms with Gasteiger partial charge >= 0.3 is 0 Å². The third kappa shape index (κ3) is 2.68. The highest BCUT2D eigenvalue weighted by atomic mass is 79.9. The molecule has 102 valence electrons. The Labute approximate surface area is 134 Å². The van der Waals surface area contributed by atoms with Crippen molar-refractivity contribution < 1.29 is 0 Å². The first-order valence-corrected chi connectivity index (χ1v) is 8.11. The fourth-order valence-electron chi connectivity index (χ4n) is 2.14. The zero-order valence-corrected chi connectivity index (χ0v) is 14.2. The van der Waals surface area contributed by atoms with E-state index in [-0.39, 0.29) is 0 Å². The van der Waals surface area contributed by atoms with Crippen molar-refractivity contribution in [2.75, 3.05) is 5.32 Å². The van der Waals surface area contributed by atoms with E-state index in [0.29, 0.717) is 5.02 Å². The van der Waals surface area contributed by atoms with Gasteiger partial charge < -0.3 is 5.32 Å². The van der Waals surface area contributed by atoms with Crippen LogP contribution in [0.3, 0.4) is 0 Å². The lowest BCUT2D eigenvalue weighted by Gasteiger charge is -2.10. The second-order valence-electron chi connectivity index (χ2n) is 4.69. The number of fused-ring (bicyclic) bond motifs is 1. The Balaban J connectivity index is 2.01. The van der Waals surface area contributed by atoms with E-state index < -0.39 is 0 Å². The average molecular weight is 368 g/mol. The summed E-state index contributed by atoms with van der Waals surface area (Å²) >= 11 is 11.2. The van der Waals surface area contributed by atoms with Crippen LogP contribution in [0.5, 0.6) is 0 Å². The lowest BCUT2D eigenvalue weighted by atomic mass is 10.1. The maximum absolute atomic E-state index is 5.99. The summed E-state index contributed by atoms with van der Waals surface area (Å²) in [6.07, 6.45) is 0. The molecule has 0 unspecified atom stereocenters. The Hall–Kier alpha value is -1.10. The Bertz CT molecular complexity index is 775. The highest BCUT2D eigenvalue weighted by Gasteiger charge is 2.09. The first kappa shape index (κ1) is 13.9. The zero-order valence-electron chi connectivity index (χ0n) is 11.0. The molecule has 0 amide bonds. The van der Waals surface area contributed by atoms with E-state index in [1.165, 1.54) is 11.1 Å². The van der Waals surface area contributed by atoms with Gasteiger partial charge in [0.15, 0.2) is 5.13 Å². The number of thiazole rings is 1. The molecule has 0 aliphatic rings. The lowest BCUT2D eigenvalue weighted by Crippen LogP contribution is -1.94. The van der Waals surface area contributed by atoms with E-state index >= 15 is 0 Å². The van der Waals surface area contributed by atoms with Crippen molar-refractivity contribution in [2.45, 2.75) is 13.8 Å². The molecule has 5 heteroatoms. The zero-order chi connectivity index (χ0) is 14.3. The molecule has 1 heterocycles. The Morgan fingerprint density at radius 3 is 2.75 bits per heavy atom. The second-order valence-corrected chi connectivity index (χ2v) is 7.02. The van der Waals surface area contributed by atoms with Crippen molar-refractivity contribution in [1.82, 2.24) is 4.98 Å². The van der Waals surface area contributed by atoms with Gasteiger partial charge in [0.25, 0.3) is 0 Å². The van der Waals surface area contributed by atoms with E-state index in [4.69, 9.17) is 11.6 Å². The quantitative estimate of drug-likeness (QED) is 0.594. The number of hydrogen-bond donors (Lipinski definition) is 1. The number of nitrogens with zero attached hydrogens (tertiary/aromatic N) is 1. The average Bonchev–Trinajstić information content (AvgIpc) is 2.75. The summed E-state index contributed by atoms with van der Waals surface area (Å²) in [5.41, 5.74) is 4.40. The summed E-state index contributed by atoms with van der Waals surface area (Å²) < 4.78 is 2.17. The molecule has 0 spiro atoms. The van der Waals surface area contributed by atoms with Crippen LogP contribution in [0.4, 0.5) is 10.8 Å². The van der Waals surface area contributed by atoms with Crippen LogP contribution < -0.4 is 5.32 Å². The van der Waals surface area contributed by atoms with E-state index in [2.05, 4.69) is 52.2 Å². The molecule has 0 radical (unpaired) electrons. The first-order valence-electron chi connectivity index (χ1n) is 6.13. The number of aromatic nitrogens is 1. The normalized spacial score (nSPS) is 11.0. The molecule has 3 aromatic rings. The Morgan fingerprint density at radius 2 is 2.00 bits per heavy atom. The summed E-state index contributed by atoms with van der Waals surface area (Å²) in [6, 6.07) is 10.0. The minimum absolute atomic E-state index is 0.710. The van der Waals surface area contributed by atoms with E-state index in [0.717, 1.165) is 25.5 Å². The number of halogens is 2. The molecule has 0 atom stereocenters. The smallest absolute Gasteiger partial charge is 0.188 e. The second kappa shape index (κ2) is 5.35. The number of aryl methyl sites for hydroxylation is 2. The van der Waals surface area contributed by atoms with Gasteiger partial charge in [-0.15, -0.1) is 0 Å². The van der Waals surface area contributed by atoms with Crippen LogP contribution in [0.1, 0.15) is 11.1 Å². The minimum Gasteiger partial charge on any atom is -0.330 e. The SMILES string of the molecule is Cc1cc(C)c(Nc2nc3cc(Cl)ccc3s2)c(Br)c1. The van der Waals surface area contributed by atoms with Gasteiger partial charge in [-0.3, -0.25) is 0 Å². The standard InChI is InChI=1S/C15H12BrClN2S/c1-8-5-9(2)14(11(16)6-8)19-15-18-12-7-10(17)3-4-13(12)20-15/h3-7H,1-2H3,(H,18,19). The van der Waals surface area contributed by atoms with Crippen LogP contribution in [-0.2, 0) is 0 Å². The predicted molar refractivity (Wildman–Crippen MR) is 91.5 cm³/mol. The van der Waals surface area contributed by atoms with Gasteiger partial charge in [-0.2, -0.15) is 0 Å². The molecule has 20 heavy (non-hydrogen) atoms. The minimum atomic E-state index is 0.710. The molecule has 0 aliphatic carbocycles. The summed E-state index contributed by atoms with van der Waals surface area (Å²) in [4.78, 5) is 4.58. The van der Waals surface area contributed by atoms with E-state index in [9.17, 15) is 0 Å². The lowest BCUT2D eigenvalue weighted by molar-refractivity contribution is 1.34. The number of benzene rings is 2. The molecule has 2 nitrogen and oxygen atoms in total. The van der Waals surface area contributed by atoms with Crippen LogP contribution in [0.2, 0.25) is 5.02 Å². The van der Waals surface area contributed by atoms with Crippen molar-refractivity contribution in [1.29, 1.82) is 0 Å².